The Labute approximate surface area is 103 Å². The lowest BCUT2D eigenvalue weighted by molar-refractivity contribution is 0.0397. The number of oxime groups is 1. The summed E-state index contributed by atoms with van der Waals surface area (Å²) in [5.74, 6) is 1.16. The van der Waals surface area contributed by atoms with Crippen LogP contribution in [-0.2, 0) is 0 Å². The predicted molar refractivity (Wildman–Crippen MR) is 68.2 cm³/mol. The Balaban J connectivity index is 1.81. The van der Waals surface area contributed by atoms with Crippen molar-refractivity contribution in [2.45, 2.75) is 31.7 Å². The molecule has 98 valence electrons. The summed E-state index contributed by atoms with van der Waals surface area (Å²) < 4.78 is 0. The first-order chi connectivity index (χ1) is 8.20. The van der Waals surface area contributed by atoms with Crippen LogP contribution in [0.1, 0.15) is 25.7 Å². The molecule has 3 N–H and O–H groups in total. The minimum Gasteiger partial charge on any atom is -0.409 e. The van der Waals surface area contributed by atoms with Gasteiger partial charge in [-0.15, -0.1) is 0 Å². The second kappa shape index (κ2) is 5.69. The van der Waals surface area contributed by atoms with E-state index in [1.807, 2.05) is 0 Å². The minimum atomic E-state index is 0.341. The summed E-state index contributed by atoms with van der Waals surface area (Å²) in [5.41, 5.74) is 5.51. The molecule has 2 aliphatic rings. The number of amidine groups is 1. The van der Waals surface area contributed by atoms with Crippen LogP contribution < -0.4 is 5.73 Å². The fourth-order valence-corrected chi connectivity index (χ4v) is 3.25. The fraction of sp³-hybridized carbons (Fsp3) is 0.917. The van der Waals surface area contributed by atoms with Crippen LogP contribution in [0.4, 0.5) is 0 Å². The number of hydrogen-bond acceptors (Lipinski definition) is 4. The highest BCUT2D eigenvalue weighted by atomic mass is 16.4. The molecule has 0 aromatic rings. The second-order valence-corrected chi connectivity index (χ2v) is 5.38. The van der Waals surface area contributed by atoms with Gasteiger partial charge in [0.15, 0.2) is 0 Å². The molecule has 0 spiro atoms. The Hall–Kier alpha value is -0.810. The van der Waals surface area contributed by atoms with E-state index in [1.165, 1.54) is 32.4 Å². The van der Waals surface area contributed by atoms with Crippen LogP contribution in [0, 0.1) is 5.92 Å². The van der Waals surface area contributed by atoms with Crippen LogP contribution in [0.15, 0.2) is 5.16 Å². The third-order valence-corrected chi connectivity index (χ3v) is 4.24. The quantitative estimate of drug-likeness (QED) is 0.327. The maximum atomic E-state index is 8.52. The standard InChI is InChI=1S/C12H24N4O/c1-15-6-2-3-10-9-16(7-4-11(10)15)8-5-12(13)14-17/h10-11,17H,2-9H2,1H3,(H2,13,14). The van der Waals surface area contributed by atoms with Gasteiger partial charge in [-0.25, -0.2) is 0 Å². The molecule has 0 aliphatic carbocycles. The molecule has 0 aromatic heterocycles. The summed E-state index contributed by atoms with van der Waals surface area (Å²) in [4.78, 5) is 4.98. The molecule has 5 heteroatoms. The maximum Gasteiger partial charge on any atom is 0.140 e. The van der Waals surface area contributed by atoms with Crippen molar-refractivity contribution < 1.29 is 5.21 Å². The smallest absolute Gasteiger partial charge is 0.140 e. The average molecular weight is 240 g/mol. The van der Waals surface area contributed by atoms with Crippen molar-refractivity contribution >= 4 is 5.84 Å². The Morgan fingerprint density at radius 1 is 1.41 bits per heavy atom. The molecule has 5 nitrogen and oxygen atoms in total. The molecule has 2 saturated heterocycles. The van der Waals surface area contributed by atoms with Gasteiger partial charge in [0, 0.05) is 25.6 Å². The third-order valence-electron chi connectivity index (χ3n) is 4.24. The van der Waals surface area contributed by atoms with Gasteiger partial charge in [0.05, 0.1) is 0 Å². The summed E-state index contributed by atoms with van der Waals surface area (Å²) >= 11 is 0. The summed E-state index contributed by atoms with van der Waals surface area (Å²) in [7, 11) is 2.25. The highest BCUT2D eigenvalue weighted by molar-refractivity contribution is 5.79. The summed E-state index contributed by atoms with van der Waals surface area (Å²) in [6.07, 6.45) is 4.61. The molecule has 2 atom stereocenters. The molecule has 0 radical (unpaired) electrons. The minimum absolute atomic E-state index is 0.341. The van der Waals surface area contributed by atoms with Crippen LogP contribution in [-0.4, -0.2) is 60.1 Å². The molecule has 17 heavy (non-hydrogen) atoms. The monoisotopic (exact) mass is 240 g/mol. The highest BCUT2D eigenvalue weighted by Gasteiger charge is 2.33. The average Bonchev–Trinajstić information content (AvgIpc) is 2.36. The van der Waals surface area contributed by atoms with Crippen LogP contribution in [0.3, 0.4) is 0 Å². The molecule has 0 saturated carbocycles. The molecule has 0 aromatic carbocycles. The molecule has 2 unspecified atom stereocenters. The van der Waals surface area contributed by atoms with Crippen molar-refractivity contribution in [2.75, 3.05) is 33.2 Å². The first-order valence-corrected chi connectivity index (χ1v) is 6.59. The van der Waals surface area contributed by atoms with Crippen LogP contribution in [0.25, 0.3) is 0 Å². The lowest BCUT2D eigenvalue weighted by atomic mass is 9.84. The Morgan fingerprint density at radius 3 is 3.00 bits per heavy atom. The molecule has 2 heterocycles. The first-order valence-electron chi connectivity index (χ1n) is 6.59. The van der Waals surface area contributed by atoms with E-state index in [0.717, 1.165) is 25.0 Å². The fourth-order valence-electron chi connectivity index (χ4n) is 3.25. The van der Waals surface area contributed by atoms with Crippen LogP contribution >= 0.6 is 0 Å². The van der Waals surface area contributed by atoms with Crippen LogP contribution in [0.2, 0.25) is 0 Å². The Bertz CT molecular complexity index is 282. The Kier molecular flexibility index (Phi) is 4.23. The van der Waals surface area contributed by atoms with E-state index in [2.05, 4.69) is 22.0 Å². The van der Waals surface area contributed by atoms with Crippen molar-refractivity contribution in [3.05, 3.63) is 0 Å². The largest absolute Gasteiger partial charge is 0.409 e. The zero-order valence-corrected chi connectivity index (χ0v) is 10.7. The number of rotatable bonds is 3. The van der Waals surface area contributed by atoms with Crippen molar-refractivity contribution in [1.29, 1.82) is 0 Å². The van der Waals surface area contributed by atoms with Crippen molar-refractivity contribution in [1.82, 2.24) is 9.80 Å². The van der Waals surface area contributed by atoms with E-state index in [4.69, 9.17) is 10.9 Å². The summed E-state index contributed by atoms with van der Waals surface area (Å²) in [5, 5.41) is 11.6. The van der Waals surface area contributed by atoms with E-state index in [9.17, 15) is 0 Å². The van der Waals surface area contributed by atoms with Gasteiger partial charge in [-0.05, 0) is 45.3 Å². The maximum absolute atomic E-state index is 8.52. The molecule has 0 bridgehead atoms. The Morgan fingerprint density at radius 2 is 2.24 bits per heavy atom. The molecule has 2 fully saturated rings. The van der Waals surface area contributed by atoms with E-state index in [-0.39, 0.29) is 0 Å². The van der Waals surface area contributed by atoms with E-state index < -0.39 is 0 Å². The number of likely N-dealkylation sites (tertiary alicyclic amines) is 2. The molecule has 2 rings (SSSR count). The first kappa shape index (κ1) is 12.6. The number of piperidine rings is 2. The predicted octanol–water partition coefficient (Wildman–Crippen LogP) is 0.539. The summed E-state index contributed by atoms with van der Waals surface area (Å²) in [6, 6.07) is 0.781. The van der Waals surface area contributed by atoms with Crippen molar-refractivity contribution in [3.63, 3.8) is 0 Å². The molecule has 2 aliphatic heterocycles. The van der Waals surface area contributed by atoms with Gasteiger partial charge >= 0.3 is 0 Å². The number of nitrogens with two attached hydrogens (primary N) is 1. The zero-order valence-electron chi connectivity index (χ0n) is 10.7. The van der Waals surface area contributed by atoms with Gasteiger partial charge < -0.3 is 20.7 Å². The van der Waals surface area contributed by atoms with Crippen LogP contribution in [0.5, 0.6) is 0 Å². The SMILES string of the molecule is CN1CCCC2CN(CCC(N)=NO)CCC21. The summed E-state index contributed by atoms with van der Waals surface area (Å²) in [6.45, 7) is 4.49. The lowest BCUT2D eigenvalue weighted by Crippen LogP contribution is -2.52. The van der Waals surface area contributed by atoms with Gasteiger partial charge in [-0.1, -0.05) is 5.16 Å². The van der Waals surface area contributed by atoms with E-state index >= 15 is 0 Å². The van der Waals surface area contributed by atoms with Gasteiger partial charge in [0.25, 0.3) is 0 Å². The molecular formula is C12H24N4O. The zero-order chi connectivity index (χ0) is 12.3. The van der Waals surface area contributed by atoms with E-state index in [1.54, 1.807) is 0 Å². The topological polar surface area (TPSA) is 65.1 Å². The van der Waals surface area contributed by atoms with E-state index in [0.29, 0.717) is 12.3 Å². The number of hydrogen-bond donors (Lipinski definition) is 2. The molecule has 0 amide bonds. The third kappa shape index (κ3) is 3.10. The second-order valence-electron chi connectivity index (χ2n) is 5.38. The van der Waals surface area contributed by atoms with Gasteiger partial charge in [0.1, 0.15) is 5.84 Å². The molecular weight excluding hydrogens is 216 g/mol. The van der Waals surface area contributed by atoms with Gasteiger partial charge in [-0.2, -0.15) is 0 Å². The van der Waals surface area contributed by atoms with Gasteiger partial charge in [-0.3, -0.25) is 0 Å². The number of nitrogens with zero attached hydrogens (tertiary/aromatic N) is 3. The lowest BCUT2D eigenvalue weighted by Gasteiger charge is -2.46. The van der Waals surface area contributed by atoms with Gasteiger partial charge in [0.2, 0.25) is 0 Å². The van der Waals surface area contributed by atoms with Crippen molar-refractivity contribution in [2.24, 2.45) is 16.8 Å². The normalized spacial score (nSPS) is 32.4. The van der Waals surface area contributed by atoms with Crippen molar-refractivity contribution in [3.8, 4) is 0 Å². The number of fused-ring (bicyclic) bond motifs is 1. The highest BCUT2D eigenvalue weighted by Crippen LogP contribution is 2.29.